The average molecular weight is 307 g/mol. The molecule has 0 unspecified atom stereocenters. The van der Waals surface area contributed by atoms with Crippen molar-refractivity contribution in [1.82, 2.24) is 9.55 Å². The monoisotopic (exact) mass is 307 g/mol. The number of aryl methyl sites for hydroxylation is 2. The van der Waals surface area contributed by atoms with Crippen molar-refractivity contribution in [2.45, 2.75) is 38.4 Å². The van der Waals surface area contributed by atoms with Crippen molar-refractivity contribution < 1.29 is 20.1 Å². The molecule has 0 amide bonds. The molecule has 1 aromatic carbocycles. The molecule has 7 heteroatoms. The number of rotatable bonds is 3. The van der Waals surface area contributed by atoms with Gasteiger partial charge in [-0.3, -0.25) is 4.57 Å². The van der Waals surface area contributed by atoms with Gasteiger partial charge in [0.05, 0.1) is 17.6 Å². The maximum Gasteiger partial charge on any atom is 0.205 e. The fourth-order valence-electron chi connectivity index (χ4n) is 2.88. The molecule has 120 valence electrons. The number of aliphatic hydroxyl groups is 3. The molecule has 4 atom stereocenters. The van der Waals surface area contributed by atoms with Gasteiger partial charge in [0.1, 0.15) is 18.3 Å². The van der Waals surface area contributed by atoms with Crippen LogP contribution in [0.4, 0.5) is 5.95 Å². The highest BCUT2D eigenvalue weighted by molar-refractivity contribution is 5.80. The fourth-order valence-corrected chi connectivity index (χ4v) is 2.88. The van der Waals surface area contributed by atoms with E-state index >= 15 is 0 Å². The molecule has 1 aromatic heterocycles. The van der Waals surface area contributed by atoms with Gasteiger partial charge in [0, 0.05) is 7.05 Å². The Balaban J connectivity index is 2.15. The van der Waals surface area contributed by atoms with E-state index in [1.165, 1.54) is 0 Å². The first-order valence-corrected chi connectivity index (χ1v) is 7.27. The van der Waals surface area contributed by atoms with E-state index in [0.29, 0.717) is 5.95 Å². The number of hydrogen-bond acceptors (Lipinski definition) is 6. The number of fused-ring (bicyclic) bond motifs is 1. The lowest BCUT2D eigenvalue weighted by molar-refractivity contribution is -0.0499. The Morgan fingerprint density at radius 2 is 1.91 bits per heavy atom. The summed E-state index contributed by atoms with van der Waals surface area (Å²) in [5, 5.41) is 32.5. The maximum atomic E-state index is 10.3. The zero-order valence-electron chi connectivity index (χ0n) is 12.8. The molecule has 0 aliphatic carbocycles. The van der Waals surface area contributed by atoms with Gasteiger partial charge in [-0.2, -0.15) is 0 Å². The quantitative estimate of drug-likeness (QED) is 0.651. The van der Waals surface area contributed by atoms with Crippen molar-refractivity contribution in [2.75, 3.05) is 19.0 Å². The summed E-state index contributed by atoms with van der Waals surface area (Å²) < 4.78 is 7.36. The Morgan fingerprint density at radius 1 is 1.23 bits per heavy atom. The Labute approximate surface area is 128 Å². The number of nitrogens with zero attached hydrogens (tertiary/aromatic N) is 2. The van der Waals surface area contributed by atoms with E-state index in [-0.39, 0.29) is 6.61 Å². The summed E-state index contributed by atoms with van der Waals surface area (Å²) in [6.07, 6.45) is -3.89. The molecular weight excluding hydrogens is 286 g/mol. The number of hydrogen-bond donors (Lipinski definition) is 4. The molecule has 0 saturated carbocycles. The summed E-state index contributed by atoms with van der Waals surface area (Å²) in [6.45, 7) is 3.66. The van der Waals surface area contributed by atoms with E-state index in [0.717, 1.165) is 22.2 Å². The molecule has 1 fully saturated rings. The second-order valence-electron chi connectivity index (χ2n) is 5.71. The van der Waals surface area contributed by atoms with Crippen molar-refractivity contribution >= 4 is 17.0 Å². The second-order valence-corrected chi connectivity index (χ2v) is 5.71. The van der Waals surface area contributed by atoms with Gasteiger partial charge < -0.3 is 25.4 Å². The Bertz CT molecular complexity index is 700. The van der Waals surface area contributed by atoms with Crippen LogP contribution in [0.2, 0.25) is 0 Å². The first kappa shape index (κ1) is 15.2. The summed E-state index contributed by atoms with van der Waals surface area (Å²) in [5.74, 6) is 0.537. The normalized spacial score (nSPS) is 28.5. The van der Waals surface area contributed by atoms with Gasteiger partial charge >= 0.3 is 0 Å². The van der Waals surface area contributed by atoms with Crippen LogP contribution in [0.1, 0.15) is 17.4 Å². The van der Waals surface area contributed by atoms with Crippen LogP contribution < -0.4 is 5.32 Å². The molecule has 4 N–H and O–H groups in total. The van der Waals surface area contributed by atoms with Gasteiger partial charge in [-0.1, -0.05) is 0 Å². The number of anilines is 1. The van der Waals surface area contributed by atoms with E-state index in [1.807, 2.05) is 26.0 Å². The lowest BCUT2D eigenvalue weighted by Crippen LogP contribution is -2.33. The molecule has 0 bridgehead atoms. The molecule has 2 heterocycles. The number of benzene rings is 1. The fraction of sp³-hybridized carbons (Fsp3) is 0.533. The molecule has 3 rings (SSSR count). The lowest BCUT2D eigenvalue weighted by Gasteiger charge is -2.19. The van der Waals surface area contributed by atoms with E-state index in [4.69, 9.17) is 4.74 Å². The third kappa shape index (κ3) is 2.17. The minimum absolute atomic E-state index is 0.353. The lowest BCUT2D eigenvalue weighted by atomic mass is 10.1. The molecule has 2 aromatic rings. The van der Waals surface area contributed by atoms with Crippen LogP contribution in [0.5, 0.6) is 0 Å². The van der Waals surface area contributed by atoms with E-state index in [1.54, 1.807) is 11.6 Å². The third-order valence-corrected chi connectivity index (χ3v) is 4.30. The van der Waals surface area contributed by atoms with Crippen molar-refractivity contribution in [3.63, 3.8) is 0 Å². The van der Waals surface area contributed by atoms with Gasteiger partial charge in [-0.05, 0) is 37.1 Å². The van der Waals surface area contributed by atoms with Crippen LogP contribution in [0.15, 0.2) is 12.1 Å². The first-order chi connectivity index (χ1) is 10.5. The zero-order chi connectivity index (χ0) is 16.0. The van der Waals surface area contributed by atoms with Crippen LogP contribution in [-0.4, -0.2) is 56.8 Å². The van der Waals surface area contributed by atoms with Crippen molar-refractivity contribution in [1.29, 1.82) is 0 Å². The van der Waals surface area contributed by atoms with Gasteiger partial charge in [0.25, 0.3) is 0 Å². The zero-order valence-corrected chi connectivity index (χ0v) is 12.8. The summed E-state index contributed by atoms with van der Waals surface area (Å²) in [5.41, 5.74) is 3.82. The Hall–Kier alpha value is -1.67. The Morgan fingerprint density at radius 3 is 2.50 bits per heavy atom. The first-order valence-electron chi connectivity index (χ1n) is 7.27. The summed E-state index contributed by atoms with van der Waals surface area (Å²) in [6, 6.07) is 3.95. The molecule has 0 radical (unpaired) electrons. The van der Waals surface area contributed by atoms with E-state index < -0.39 is 24.5 Å². The van der Waals surface area contributed by atoms with Crippen LogP contribution in [0.3, 0.4) is 0 Å². The van der Waals surface area contributed by atoms with Crippen molar-refractivity contribution in [2.24, 2.45) is 0 Å². The van der Waals surface area contributed by atoms with E-state index in [2.05, 4.69) is 10.3 Å². The number of aromatic nitrogens is 2. The predicted molar refractivity (Wildman–Crippen MR) is 81.8 cm³/mol. The molecular formula is C15H21N3O4. The SMILES string of the molecule is CNc1nc2cc(C)c(C)cc2n1[C@@H]1O[C@@H](CO)[C@@H](O)[C@@H]1O. The molecule has 1 aliphatic rings. The third-order valence-electron chi connectivity index (χ3n) is 4.30. The summed E-state index contributed by atoms with van der Waals surface area (Å²) in [4.78, 5) is 4.50. The highest BCUT2D eigenvalue weighted by atomic mass is 16.6. The minimum Gasteiger partial charge on any atom is -0.394 e. The van der Waals surface area contributed by atoms with Crippen LogP contribution in [-0.2, 0) is 4.74 Å². The van der Waals surface area contributed by atoms with Crippen molar-refractivity contribution in [3.05, 3.63) is 23.3 Å². The van der Waals surface area contributed by atoms with Crippen molar-refractivity contribution in [3.8, 4) is 0 Å². The van der Waals surface area contributed by atoms with Crippen LogP contribution in [0.25, 0.3) is 11.0 Å². The predicted octanol–water partition coefficient (Wildman–Crippen LogP) is 0.306. The number of aliphatic hydroxyl groups excluding tert-OH is 3. The molecule has 0 spiro atoms. The maximum absolute atomic E-state index is 10.3. The van der Waals surface area contributed by atoms with Gasteiger partial charge in [-0.25, -0.2) is 4.98 Å². The highest BCUT2D eigenvalue weighted by Crippen LogP contribution is 2.35. The molecule has 7 nitrogen and oxygen atoms in total. The van der Waals surface area contributed by atoms with Crippen LogP contribution >= 0.6 is 0 Å². The summed E-state index contributed by atoms with van der Waals surface area (Å²) in [7, 11) is 1.73. The number of nitrogens with one attached hydrogen (secondary N) is 1. The van der Waals surface area contributed by atoms with Gasteiger partial charge in [0.2, 0.25) is 5.95 Å². The molecule has 1 aliphatic heterocycles. The van der Waals surface area contributed by atoms with E-state index in [9.17, 15) is 15.3 Å². The van der Waals surface area contributed by atoms with Gasteiger partial charge in [-0.15, -0.1) is 0 Å². The largest absolute Gasteiger partial charge is 0.394 e. The molecule has 1 saturated heterocycles. The topological polar surface area (TPSA) is 99.8 Å². The standard InChI is InChI=1S/C15H21N3O4/c1-7-4-9-10(5-8(7)2)18(15(16-3)17-9)14-13(21)12(20)11(6-19)22-14/h4-5,11-14,19-21H,6H2,1-3H3,(H,16,17)/t11-,12+,13-,14+/m0/s1. The molecule has 22 heavy (non-hydrogen) atoms. The van der Waals surface area contributed by atoms with Crippen LogP contribution in [0, 0.1) is 13.8 Å². The highest BCUT2D eigenvalue weighted by Gasteiger charge is 2.44. The number of imidazole rings is 1. The smallest absolute Gasteiger partial charge is 0.205 e. The summed E-state index contributed by atoms with van der Waals surface area (Å²) >= 11 is 0. The minimum atomic E-state index is -1.14. The second kappa shape index (κ2) is 5.51. The average Bonchev–Trinajstić information content (AvgIpc) is 2.98. The van der Waals surface area contributed by atoms with Gasteiger partial charge in [0.15, 0.2) is 6.23 Å². The Kier molecular flexibility index (Phi) is 3.82. The number of ether oxygens (including phenoxy) is 1.